The Hall–Kier alpha value is -2.49. The van der Waals surface area contributed by atoms with Crippen LogP contribution in [0.5, 0.6) is 11.5 Å². The number of ether oxygens (including phenoxy) is 2. The molecule has 2 aliphatic rings. The van der Waals surface area contributed by atoms with Crippen LogP contribution in [0.4, 0.5) is 0 Å². The molecule has 2 aromatic carbocycles. The minimum atomic E-state index is -0.0595. The van der Waals surface area contributed by atoms with Crippen LogP contribution in [0, 0.1) is 19.8 Å². The highest BCUT2D eigenvalue weighted by atomic mass is 16.5. The Labute approximate surface area is 154 Å². The minimum Gasteiger partial charge on any atom is -0.493 e. The average Bonchev–Trinajstić information content (AvgIpc) is 3.45. The van der Waals surface area contributed by atoms with Gasteiger partial charge in [-0.3, -0.25) is 4.79 Å². The van der Waals surface area contributed by atoms with E-state index in [1.807, 2.05) is 24.3 Å². The van der Waals surface area contributed by atoms with Crippen molar-refractivity contribution in [3.05, 3.63) is 58.7 Å². The minimum absolute atomic E-state index is 0.0179. The van der Waals surface area contributed by atoms with Gasteiger partial charge in [-0.15, -0.1) is 0 Å². The van der Waals surface area contributed by atoms with Gasteiger partial charge in [-0.1, -0.05) is 17.7 Å². The highest BCUT2D eigenvalue weighted by Gasteiger charge is 2.25. The van der Waals surface area contributed by atoms with Crippen LogP contribution >= 0.6 is 0 Å². The molecule has 1 N–H and O–H groups in total. The molecule has 0 radical (unpaired) electrons. The van der Waals surface area contributed by atoms with Gasteiger partial charge in [-0.25, -0.2) is 0 Å². The molecule has 26 heavy (non-hydrogen) atoms. The largest absolute Gasteiger partial charge is 0.493 e. The number of amides is 1. The third kappa shape index (κ3) is 3.69. The van der Waals surface area contributed by atoms with Crippen molar-refractivity contribution in [3.8, 4) is 11.5 Å². The molecule has 4 nitrogen and oxygen atoms in total. The van der Waals surface area contributed by atoms with Crippen molar-refractivity contribution in [2.24, 2.45) is 5.92 Å². The fourth-order valence-corrected chi connectivity index (χ4v) is 3.47. The van der Waals surface area contributed by atoms with Gasteiger partial charge in [0.05, 0.1) is 19.3 Å². The van der Waals surface area contributed by atoms with E-state index >= 15 is 0 Å². The van der Waals surface area contributed by atoms with Crippen LogP contribution in [0.3, 0.4) is 0 Å². The summed E-state index contributed by atoms with van der Waals surface area (Å²) in [7, 11) is 0. The predicted molar refractivity (Wildman–Crippen MR) is 101 cm³/mol. The molecule has 0 saturated heterocycles. The summed E-state index contributed by atoms with van der Waals surface area (Å²) in [6, 6.07) is 11.6. The molecule has 1 unspecified atom stereocenters. The highest BCUT2D eigenvalue weighted by molar-refractivity contribution is 5.94. The number of hydrogen-bond donors (Lipinski definition) is 1. The molecule has 1 aliphatic heterocycles. The third-order valence-corrected chi connectivity index (χ3v) is 5.08. The Morgan fingerprint density at radius 2 is 1.92 bits per heavy atom. The predicted octanol–water partition coefficient (Wildman–Crippen LogP) is 4.35. The van der Waals surface area contributed by atoms with E-state index in [1.54, 1.807) is 0 Å². The lowest BCUT2D eigenvalue weighted by Crippen LogP contribution is -2.32. The van der Waals surface area contributed by atoms with E-state index in [0.29, 0.717) is 12.2 Å². The summed E-state index contributed by atoms with van der Waals surface area (Å²) in [4.78, 5) is 12.7. The van der Waals surface area contributed by atoms with E-state index in [9.17, 15) is 4.79 Å². The van der Waals surface area contributed by atoms with Crippen LogP contribution < -0.4 is 14.8 Å². The van der Waals surface area contributed by atoms with Gasteiger partial charge in [0.15, 0.2) is 0 Å². The Balaban J connectivity index is 1.45. The zero-order valence-corrected chi connectivity index (χ0v) is 15.4. The number of benzene rings is 2. The van der Waals surface area contributed by atoms with E-state index in [0.717, 1.165) is 41.6 Å². The van der Waals surface area contributed by atoms with Crippen molar-refractivity contribution >= 4 is 5.91 Å². The summed E-state index contributed by atoms with van der Waals surface area (Å²) in [5, 5.41) is 3.17. The quantitative estimate of drug-likeness (QED) is 0.871. The second-order valence-corrected chi connectivity index (χ2v) is 7.44. The van der Waals surface area contributed by atoms with E-state index in [-0.39, 0.29) is 11.9 Å². The maximum atomic E-state index is 12.7. The van der Waals surface area contributed by atoms with Crippen LogP contribution in [-0.4, -0.2) is 19.1 Å². The van der Waals surface area contributed by atoms with Crippen molar-refractivity contribution in [2.45, 2.75) is 39.2 Å². The lowest BCUT2D eigenvalue weighted by molar-refractivity contribution is 0.0924. The molecular formula is C22H25NO3. The van der Waals surface area contributed by atoms with Crippen molar-refractivity contribution < 1.29 is 14.3 Å². The summed E-state index contributed by atoms with van der Waals surface area (Å²) in [6.07, 6.45) is 3.32. The molecule has 136 valence electrons. The fourth-order valence-electron chi connectivity index (χ4n) is 3.47. The van der Waals surface area contributed by atoms with Gasteiger partial charge in [-0.2, -0.15) is 0 Å². The van der Waals surface area contributed by atoms with E-state index < -0.39 is 0 Å². The number of carbonyl (C=O) groups is 1. The standard InChI is InChI=1S/C22H25NO3/c1-14-11-15(2)21-19(12-14)20(9-10-25-21)23-22(24)17-5-7-18(8-6-17)26-13-16-3-4-16/h5-8,11-12,16,20H,3-4,9-10,13H2,1-2H3,(H,23,24). The fraction of sp³-hybridized carbons (Fsp3) is 0.409. The molecule has 0 aromatic heterocycles. The normalized spacial score (nSPS) is 18.6. The smallest absolute Gasteiger partial charge is 0.251 e. The maximum absolute atomic E-state index is 12.7. The second kappa shape index (κ2) is 7.02. The monoisotopic (exact) mass is 351 g/mol. The molecule has 2 aromatic rings. The first-order valence-corrected chi connectivity index (χ1v) is 9.38. The molecule has 1 heterocycles. The molecule has 1 aliphatic carbocycles. The number of nitrogens with one attached hydrogen (secondary N) is 1. The molecule has 0 bridgehead atoms. The number of aryl methyl sites for hydroxylation is 2. The van der Waals surface area contributed by atoms with Crippen LogP contribution in [-0.2, 0) is 0 Å². The van der Waals surface area contributed by atoms with Gasteiger partial charge >= 0.3 is 0 Å². The first-order chi connectivity index (χ1) is 12.6. The first-order valence-electron chi connectivity index (χ1n) is 9.38. The van der Waals surface area contributed by atoms with Gasteiger partial charge in [0.25, 0.3) is 5.91 Å². The van der Waals surface area contributed by atoms with E-state index in [4.69, 9.17) is 9.47 Å². The summed E-state index contributed by atoms with van der Waals surface area (Å²) in [5.74, 6) is 2.40. The molecule has 4 rings (SSSR count). The van der Waals surface area contributed by atoms with Crippen LogP contribution in [0.25, 0.3) is 0 Å². The molecule has 4 heteroatoms. The van der Waals surface area contributed by atoms with Crippen molar-refractivity contribution in [1.82, 2.24) is 5.32 Å². The lowest BCUT2D eigenvalue weighted by Gasteiger charge is -2.28. The zero-order chi connectivity index (χ0) is 18.1. The Morgan fingerprint density at radius 1 is 1.15 bits per heavy atom. The van der Waals surface area contributed by atoms with Gasteiger partial charge in [0.1, 0.15) is 11.5 Å². The molecule has 1 amide bonds. The number of fused-ring (bicyclic) bond motifs is 1. The van der Waals surface area contributed by atoms with Crippen LogP contribution in [0.1, 0.15) is 52.4 Å². The Morgan fingerprint density at radius 3 is 2.65 bits per heavy atom. The topological polar surface area (TPSA) is 47.6 Å². The number of rotatable bonds is 5. The SMILES string of the molecule is Cc1cc(C)c2c(c1)C(NC(=O)c1ccc(OCC3CC3)cc1)CCO2. The maximum Gasteiger partial charge on any atom is 0.251 e. The van der Waals surface area contributed by atoms with Crippen LogP contribution in [0.15, 0.2) is 36.4 Å². The average molecular weight is 351 g/mol. The Bertz CT molecular complexity index is 809. The molecule has 0 spiro atoms. The van der Waals surface area contributed by atoms with Gasteiger partial charge < -0.3 is 14.8 Å². The van der Waals surface area contributed by atoms with Crippen molar-refractivity contribution in [2.75, 3.05) is 13.2 Å². The highest BCUT2D eigenvalue weighted by Crippen LogP contribution is 2.36. The van der Waals surface area contributed by atoms with Crippen molar-refractivity contribution in [3.63, 3.8) is 0 Å². The van der Waals surface area contributed by atoms with E-state index in [2.05, 4.69) is 31.3 Å². The second-order valence-electron chi connectivity index (χ2n) is 7.44. The first kappa shape index (κ1) is 17.0. The molecule has 1 saturated carbocycles. The molecule has 1 atom stereocenters. The van der Waals surface area contributed by atoms with Crippen LogP contribution in [0.2, 0.25) is 0 Å². The third-order valence-electron chi connectivity index (χ3n) is 5.08. The Kier molecular flexibility index (Phi) is 4.58. The van der Waals surface area contributed by atoms with E-state index in [1.165, 1.54) is 18.4 Å². The summed E-state index contributed by atoms with van der Waals surface area (Å²) >= 11 is 0. The molecular weight excluding hydrogens is 326 g/mol. The van der Waals surface area contributed by atoms with Gasteiger partial charge in [-0.05, 0) is 62.4 Å². The summed E-state index contributed by atoms with van der Waals surface area (Å²) < 4.78 is 11.6. The van der Waals surface area contributed by atoms with Gasteiger partial charge in [0, 0.05) is 17.5 Å². The van der Waals surface area contributed by atoms with Crippen molar-refractivity contribution in [1.29, 1.82) is 0 Å². The van der Waals surface area contributed by atoms with Gasteiger partial charge in [0.2, 0.25) is 0 Å². The summed E-state index contributed by atoms with van der Waals surface area (Å²) in [6.45, 7) is 5.52. The zero-order valence-electron chi connectivity index (χ0n) is 15.4. The molecule has 1 fully saturated rings. The number of hydrogen-bond acceptors (Lipinski definition) is 3. The number of carbonyl (C=O) groups excluding carboxylic acids is 1. The lowest BCUT2D eigenvalue weighted by atomic mass is 9.95. The summed E-state index contributed by atoms with van der Waals surface area (Å²) in [5.41, 5.74) is 4.03.